The lowest BCUT2D eigenvalue weighted by molar-refractivity contribution is -0.118. The summed E-state index contributed by atoms with van der Waals surface area (Å²) in [5.41, 5.74) is 4.29. The largest absolute Gasteiger partial charge is 0.299 e. The summed E-state index contributed by atoms with van der Waals surface area (Å²) in [7, 11) is 1.93. The normalized spacial score (nSPS) is 10.8. The van der Waals surface area contributed by atoms with Crippen LogP contribution in [0, 0.1) is 13.8 Å². The van der Waals surface area contributed by atoms with Crippen molar-refractivity contribution >= 4 is 21.7 Å². The average molecular weight is 336 g/mol. The standard InChI is InChI=1S/C15H18BrN3O/c1-10-15(11(2)19(3)18-10)5-4-14(20)7-12-6-13(16)9-17-8-12/h6,8-9H,4-5,7H2,1-3H3. The predicted octanol–water partition coefficient (Wildman–Crippen LogP) is 2.94. The summed E-state index contributed by atoms with van der Waals surface area (Å²) in [4.78, 5) is 16.1. The Labute approximate surface area is 127 Å². The van der Waals surface area contributed by atoms with Crippen molar-refractivity contribution in [3.63, 3.8) is 0 Å². The highest BCUT2D eigenvalue weighted by molar-refractivity contribution is 9.10. The van der Waals surface area contributed by atoms with Crippen molar-refractivity contribution in [2.75, 3.05) is 0 Å². The molecule has 0 bridgehead atoms. The average Bonchev–Trinajstić information content (AvgIpc) is 2.61. The zero-order valence-electron chi connectivity index (χ0n) is 12.0. The van der Waals surface area contributed by atoms with Crippen LogP contribution < -0.4 is 0 Å². The summed E-state index contributed by atoms with van der Waals surface area (Å²) in [5.74, 6) is 0.229. The fourth-order valence-electron chi connectivity index (χ4n) is 2.31. The highest BCUT2D eigenvalue weighted by Gasteiger charge is 2.12. The molecule has 0 aliphatic carbocycles. The molecule has 0 atom stereocenters. The van der Waals surface area contributed by atoms with Crippen LogP contribution >= 0.6 is 15.9 Å². The molecule has 20 heavy (non-hydrogen) atoms. The highest BCUT2D eigenvalue weighted by atomic mass is 79.9. The van der Waals surface area contributed by atoms with Gasteiger partial charge in [-0.2, -0.15) is 5.10 Å². The van der Waals surface area contributed by atoms with Crippen molar-refractivity contribution in [1.29, 1.82) is 0 Å². The van der Waals surface area contributed by atoms with Crippen molar-refractivity contribution in [1.82, 2.24) is 14.8 Å². The molecule has 0 radical (unpaired) electrons. The van der Waals surface area contributed by atoms with E-state index < -0.39 is 0 Å². The molecular weight excluding hydrogens is 318 g/mol. The molecule has 0 N–H and O–H groups in total. The van der Waals surface area contributed by atoms with Crippen LogP contribution in [0.1, 0.15) is 28.9 Å². The van der Waals surface area contributed by atoms with Crippen molar-refractivity contribution in [3.8, 4) is 0 Å². The maximum absolute atomic E-state index is 12.1. The molecule has 0 fully saturated rings. The van der Waals surface area contributed by atoms with Gasteiger partial charge >= 0.3 is 0 Å². The molecule has 0 saturated carbocycles. The zero-order valence-corrected chi connectivity index (χ0v) is 13.6. The summed E-state index contributed by atoms with van der Waals surface area (Å²) in [6, 6.07) is 1.94. The second kappa shape index (κ2) is 6.31. The number of hydrogen-bond donors (Lipinski definition) is 0. The highest BCUT2D eigenvalue weighted by Crippen LogP contribution is 2.15. The van der Waals surface area contributed by atoms with E-state index in [1.165, 1.54) is 5.56 Å². The Morgan fingerprint density at radius 1 is 1.35 bits per heavy atom. The Morgan fingerprint density at radius 3 is 2.70 bits per heavy atom. The van der Waals surface area contributed by atoms with Crippen LogP contribution in [0.4, 0.5) is 0 Å². The van der Waals surface area contributed by atoms with Crippen molar-refractivity contribution in [3.05, 3.63) is 45.4 Å². The van der Waals surface area contributed by atoms with Gasteiger partial charge in [-0.15, -0.1) is 0 Å². The van der Waals surface area contributed by atoms with Gasteiger partial charge in [-0.1, -0.05) is 0 Å². The minimum Gasteiger partial charge on any atom is -0.299 e. The molecule has 0 saturated heterocycles. The molecule has 0 unspecified atom stereocenters. The molecule has 0 aliphatic heterocycles. The first-order valence-electron chi connectivity index (χ1n) is 6.57. The fraction of sp³-hybridized carbons (Fsp3) is 0.400. The third kappa shape index (κ3) is 3.54. The minimum atomic E-state index is 0.229. The number of carbonyl (C=O) groups excluding carboxylic acids is 1. The van der Waals surface area contributed by atoms with Gasteiger partial charge in [0.25, 0.3) is 0 Å². The van der Waals surface area contributed by atoms with Crippen LogP contribution in [0.25, 0.3) is 0 Å². The van der Waals surface area contributed by atoms with E-state index in [4.69, 9.17) is 0 Å². The minimum absolute atomic E-state index is 0.229. The number of nitrogens with zero attached hydrogens (tertiary/aromatic N) is 3. The molecule has 0 aromatic carbocycles. The second-order valence-electron chi connectivity index (χ2n) is 5.00. The number of ketones is 1. The smallest absolute Gasteiger partial charge is 0.137 e. The summed E-state index contributed by atoms with van der Waals surface area (Å²) < 4.78 is 2.77. The van der Waals surface area contributed by atoms with Gasteiger partial charge in [0.05, 0.1) is 5.69 Å². The van der Waals surface area contributed by atoms with E-state index in [2.05, 4.69) is 26.0 Å². The first-order chi connectivity index (χ1) is 9.47. The first kappa shape index (κ1) is 14.9. The Kier molecular flexibility index (Phi) is 4.70. The van der Waals surface area contributed by atoms with Crippen LogP contribution in [0.15, 0.2) is 22.9 Å². The zero-order chi connectivity index (χ0) is 14.7. The molecule has 0 spiro atoms. The van der Waals surface area contributed by atoms with E-state index in [0.717, 1.165) is 27.8 Å². The Hall–Kier alpha value is -1.49. The molecule has 4 nitrogen and oxygen atoms in total. The maximum atomic E-state index is 12.1. The van der Waals surface area contributed by atoms with E-state index in [1.807, 2.05) is 31.6 Å². The van der Waals surface area contributed by atoms with Gasteiger partial charge in [0, 0.05) is 42.4 Å². The number of aromatic nitrogens is 3. The lowest BCUT2D eigenvalue weighted by atomic mass is 10.0. The van der Waals surface area contributed by atoms with Crippen LogP contribution in [0.3, 0.4) is 0 Å². The Balaban J connectivity index is 1.96. The van der Waals surface area contributed by atoms with Gasteiger partial charge in [-0.05, 0) is 53.4 Å². The number of Topliss-reactive ketones (excluding diaryl/α,β-unsaturated/α-hetero) is 1. The quantitative estimate of drug-likeness (QED) is 0.843. The van der Waals surface area contributed by atoms with E-state index in [1.54, 1.807) is 12.4 Å². The van der Waals surface area contributed by atoms with E-state index >= 15 is 0 Å². The van der Waals surface area contributed by atoms with Crippen LogP contribution in [0.5, 0.6) is 0 Å². The Bertz CT molecular complexity index is 634. The van der Waals surface area contributed by atoms with E-state index in [-0.39, 0.29) is 5.78 Å². The summed E-state index contributed by atoms with van der Waals surface area (Å²) in [6.45, 7) is 4.03. The summed E-state index contributed by atoms with van der Waals surface area (Å²) in [5, 5.41) is 4.37. The molecule has 2 rings (SSSR count). The summed E-state index contributed by atoms with van der Waals surface area (Å²) in [6.07, 6.45) is 5.19. The van der Waals surface area contributed by atoms with Crippen molar-refractivity contribution in [2.24, 2.45) is 7.05 Å². The number of hydrogen-bond acceptors (Lipinski definition) is 3. The predicted molar refractivity (Wildman–Crippen MR) is 81.7 cm³/mol. The molecule has 106 valence electrons. The number of pyridine rings is 1. The molecule has 5 heteroatoms. The molecule has 0 aliphatic rings. The van der Waals surface area contributed by atoms with Crippen LogP contribution in [0.2, 0.25) is 0 Å². The monoisotopic (exact) mass is 335 g/mol. The lowest BCUT2D eigenvalue weighted by Crippen LogP contribution is -2.05. The summed E-state index contributed by atoms with van der Waals surface area (Å²) >= 11 is 3.36. The van der Waals surface area contributed by atoms with Crippen LogP contribution in [-0.4, -0.2) is 20.5 Å². The van der Waals surface area contributed by atoms with Gasteiger partial charge in [-0.25, -0.2) is 0 Å². The molecule has 0 amide bonds. The van der Waals surface area contributed by atoms with Gasteiger partial charge in [0.2, 0.25) is 0 Å². The number of halogens is 1. The molecule has 2 aromatic heterocycles. The number of carbonyl (C=O) groups is 1. The fourth-order valence-corrected chi connectivity index (χ4v) is 2.72. The lowest BCUT2D eigenvalue weighted by Gasteiger charge is -2.03. The van der Waals surface area contributed by atoms with Gasteiger partial charge in [-0.3, -0.25) is 14.5 Å². The van der Waals surface area contributed by atoms with Gasteiger partial charge in [0.1, 0.15) is 5.78 Å². The van der Waals surface area contributed by atoms with Crippen LogP contribution in [-0.2, 0) is 24.7 Å². The van der Waals surface area contributed by atoms with Gasteiger partial charge in [0.15, 0.2) is 0 Å². The second-order valence-corrected chi connectivity index (χ2v) is 5.92. The van der Waals surface area contributed by atoms with E-state index in [9.17, 15) is 4.79 Å². The van der Waals surface area contributed by atoms with Crippen molar-refractivity contribution < 1.29 is 4.79 Å². The molecule has 2 aromatic rings. The van der Waals surface area contributed by atoms with Gasteiger partial charge < -0.3 is 0 Å². The molecular formula is C15H18BrN3O. The third-order valence-corrected chi connectivity index (χ3v) is 3.91. The third-order valence-electron chi connectivity index (χ3n) is 3.48. The topological polar surface area (TPSA) is 47.8 Å². The number of aryl methyl sites for hydroxylation is 2. The maximum Gasteiger partial charge on any atom is 0.137 e. The molecule has 2 heterocycles. The SMILES string of the molecule is Cc1nn(C)c(C)c1CCC(=O)Cc1cncc(Br)c1. The van der Waals surface area contributed by atoms with Crippen molar-refractivity contribution in [2.45, 2.75) is 33.1 Å². The van der Waals surface area contributed by atoms with E-state index in [0.29, 0.717) is 12.8 Å². The first-order valence-corrected chi connectivity index (χ1v) is 7.37. The number of rotatable bonds is 5. The Morgan fingerprint density at radius 2 is 2.10 bits per heavy atom.